The fourth-order valence-electron chi connectivity index (χ4n) is 2.25. The lowest BCUT2D eigenvalue weighted by Crippen LogP contribution is -2.56. The van der Waals surface area contributed by atoms with Crippen molar-refractivity contribution < 1.29 is 4.39 Å². The van der Waals surface area contributed by atoms with Crippen LogP contribution in [0.4, 0.5) is 10.1 Å². The zero-order valence-electron chi connectivity index (χ0n) is 7.96. The molecule has 1 aromatic carbocycles. The van der Waals surface area contributed by atoms with Crippen LogP contribution < -0.4 is 10.2 Å². The van der Waals surface area contributed by atoms with Crippen LogP contribution in [0.15, 0.2) is 18.2 Å². The minimum absolute atomic E-state index is 0.122. The van der Waals surface area contributed by atoms with E-state index >= 15 is 0 Å². The number of hydrogen-bond donors (Lipinski definition) is 1. The number of anilines is 1. The Kier molecular flexibility index (Phi) is 1.74. The van der Waals surface area contributed by atoms with Gasteiger partial charge in [-0.3, -0.25) is 0 Å². The summed E-state index contributed by atoms with van der Waals surface area (Å²) in [5, 5.41) is 3.25. The first kappa shape index (κ1) is 8.24. The Morgan fingerprint density at radius 3 is 2.93 bits per heavy atom. The van der Waals surface area contributed by atoms with Gasteiger partial charge in [0.2, 0.25) is 0 Å². The second-order valence-corrected chi connectivity index (χ2v) is 4.03. The van der Waals surface area contributed by atoms with Crippen LogP contribution in [0.25, 0.3) is 0 Å². The number of halogens is 1. The molecule has 74 valence electrons. The predicted octanol–water partition coefficient (Wildman–Crippen LogP) is 1.16. The molecule has 1 aromatic rings. The van der Waals surface area contributed by atoms with Crippen molar-refractivity contribution in [3.8, 4) is 0 Å². The van der Waals surface area contributed by atoms with Gasteiger partial charge in [-0.2, -0.15) is 0 Å². The molecule has 0 saturated carbocycles. The molecule has 0 atom stereocenters. The van der Waals surface area contributed by atoms with Crippen LogP contribution in [-0.2, 0) is 6.42 Å². The average molecular weight is 192 g/mol. The van der Waals surface area contributed by atoms with Crippen LogP contribution in [0, 0.1) is 5.82 Å². The van der Waals surface area contributed by atoms with Crippen LogP contribution in [-0.4, -0.2) is 25.7 Å². The van der Waals surface area contributed by atoms with Gasteiger partial charge in [-0.15, -0.1) is 0 Å². The second-order valence-electron chi connectivity index (χ2n) is 4.03. The fourth-order valence-corrected chi connectivity index (χ4v) is 2.25. The van der Waals surface area contributed by atoms with Crippen LogP contribution in [0.3, 0.4) is 0 Å². The minimum atomic E-state index is -0.122. The first-order valence-electron chi connectivity index (χ1n) is 5.10. The van der Waals surface area contributed by atoms with Crippen LogP contribution in [0.2, 0.25) is 0 Å². The van der Waals surface area contributed by atoms with E-state index < -0.39 is 0 Å². The molecule has 3 rings (SSSR count). The van der Waals surface area contributed by atoms with Crippen LogP contribution in [0.1, 0.15) is 5.56 Å². The summed E-state index contributed by atoms with van der Waals surface area (Å²) in [5.74, 6) is -0.122. The third-order valence-corrected chi connectivity index (χ3v) is 3.18. The van der Waals surface area contributed by atoms with E-state index in [9.17, 15) is 4.39 Å². The van der Waals surface area contributed by atoms with Crippen molar-refractivity contribution >= 4 is 5.69 Å². The topological polar surface area (TPSA) is 15.3 Å². The molecule has 2 aliphatic rings. The summed E-state index contributed by atoms with van der Waals surface area (Å²) >= 11 is 0. The van der Waals surface area contributed by atoms with E-state index in [4.69, 9.17) is 0 Å². The summed E-state index contributed by atoms with van der Waals surface area (Å²) in [7, 11) is 0. The molecule has 1 N–H and O–H groups in total. The number of hydrogen-bond acceptors (Lipinski definition) is 2. The lowest BCUT2D eigenvalue weighted by molar-refractivity contribution is 0.419. The first-order valence-corrected chi connectivity index (χ1v) is 5.10. The van der Waals surface area contributed by atoms with Crippen molar-refractivity contribution in [1.82, 2.24) is 5.32 Å². The summed E-state index contributed by atoms with van der Waals surface area (Å²) in [6.07, 6.45) is 1.06. The number of nitrogens with one attached hydrogen (secondary N) is 1. The summed E-state index contributed by atoms with van der Waals surface area (Å²) in [5.41, 5.74) is 2.40. The van der Waals surface area contributed by atoms with E-state index in [1.165, 1.54) is 5.56 Å². The van der Waals surface area contributed by atoms with Gasteiger partial charge in [-0.1, -0.05) is 6.07 Å². The van der Waals surface area contributed by atoms with E-state index in [0.717, 1.165) is 31.7 Å². The molecular weight excluding hydrogens is 179 g/mol. The molecule has 2 aliphatic heterocycles. The standard InChI is InChI=1S/C11H13FN2/c12-9-2-1-8-3-4-14(11(8)5-9)10-6-13-7-10/h1-2,5,10,13H,3-4,6-7H2. The molecule has 0 aliphatic carbocycles. The van der Waals surface area contributed by atoms with Crippen molar-refractivity contribution in [3.05, 3.63) is 29.6 Å². The highest BCUT2D eigenvalue weighted by molar-refractivity contribution is 5.59. The van der Waals surface area contributed by atoms with Crippen molar-refractivity contribution in [3.63, 3.8) is 0 Å². The van der Waals surface area contributed by atoms with E-state index in [2.05, 4.69) is 10.2 Å². The largest absolute Gasteiger partial charge is 0.365 e. The molecule has 1 saturated heterocycles. The van der Waals surface area contributed by atoms with Crippen molar-refractivity contribution in [2.75, 3.05) is 24.5 Å². The quantitative estimate of drug-likeness (QED) is 0.718. The highest BCUT2D eigenvalue weighted by Crippen LogP contribution is 2.30. The van der Waals surface area contributed by atoms with E-state index in [1.807, 2.05) is 6.07 Å². The summed E-state index contributed by atoms with van der Waals surface area (Å²) in [6.45, 7) is 3.12. The zero-order valence-corrected chi connectivity index (χ0v) is 7.96. The number of benzene rings is 1. The Bertz CT molecular complexity index is 360. The van der Waals surface area contributed by atoms with Gasteiger partial charge in [0, 0.05) is 25.3 Å². The molecule has 0 bridgehead atoms. The van der Waals surface area contributed by atoms with Gasteiger partial charge in [0.15, 0.2) is 0 Å². The lowest BCUT2D eigenvalue weighted by Gasteiger charge is -2.37. The normalized spacial score (nSPS) is 20.8. The average Bonchev–Trinajstić information content (AvgIpc) is 2.46. The maximum atomic E-state index is 13.1. The van der Waals surface area contributed by atoms with Crippen LogP contribution in [0.5, 0.6) is 0 Å². The predicted molar refractivity (Wildman–Crippen MR) is 54.1 cm³/mol. The van der Waals surface area contributed by atoms with Crippen LogP contribution >= 0.6 is 0 Å². The third kappa shape index (κ3) is 1.12. The lowest BCUT2D eigenvalue weighted by atomic mass is 10.1. The van der Waals surface area contributed by atoms with E-state index in [1.54, 1.807) is 12.1 Å². The number of nitrogens with zero attached hydrogens (tertiary/aromatic N) is 1. The molecular formula is C11H13FN2. The summed E-state index contributed by atoms with van der Waals surface area (Å²) < 4.78 is 13.1. The Morgan fingerprint density at radius 1 is 1.36 bits per heavy atom. The maximum absolute atomic E-state index is 13.1. The zero-order chi connectivity index (χ0) is 9.54. The van der Waals surface area contributed by atoms with Gasteiger partial charge in [0.05, 0.1) is 6.04 Å². The smallest absolute Gasteiger partial charge is 0.125 e. The molecule has 2 nitrogen and oxygen atoms in total. The van der Waals surface area contributed by atoms with Gasteiger partial charge >= 0.3 is 0 Å². The monoisotopic (exact) mass is 192 g/mol. The number of fused-ring (bicyclic) bond motifs is 1. The van der Waals surface area contributed by atoms with Crippen molar-refractivity contribution in [2.45, 2.75) is 12.5 Å². The highest BCUT2D eigenvalue weighted by atomic mass is 19.1. The molecule has 0 unspecified atom stereocenters. The Balaban J connectivity index is 1.95. The van der Waals surface area contributed by atoms with Gasteiger partial charge in [-0.25, -0.2) is 4.39 Å². The third-order valence-electron chi connectivity index (χ3n) is 3.18. The second kappa shape index (κ2) is 2.95. The summed E-state index contributed by atoms with van der Waals surface area (Å²) in [6, 6.07) is 5.72. The SMILES string of the molecule is Fc1ccc2c(c1)N(C1CNC1)CC2. The molecule has 2 heterocycles. The molecule has 0 spiro atoms. The molecule has 0 radical (unpaired) electrons. The molecule has 14 heavy (non-hydrogen) atoms. The summed E-state index contributed by atoms with van der Waals surface area (Å²) in [4.78, 5) is 2.33. The maximum Gasteiger partial charge on any atom is 0.125 e. The van der Waals surface area contributed by atoms with Crippen molar-refractivity contribution in [2.24, 2.45) is 0 Å². The fraction of sp³-hybridized carbons (Fsp3) is 0.455. The van der Waals surface area contributed by atoms with Gasteiger partial charge in [0.1, 0.15) is 5.82 Å². The van der Waals surface area contributed by atoms with E-state index in [0.29, 0.717) is 6.04 Å². The molecule has 1 fully saturated rings. The first-order chi connectivity index (χ1) is 6.84. The molecule has 0 aromatic heterocycles. The minimum Gasteiger partial charge on any atom is -0.365 e. The highest BCUT2D eigenvalue weighted by Gasteiger charge is 2.29. The Hall–Kier alpha value is -1.09. The van der Waals surface area contributed by atoms with Gasteiger partial charge < -0.3 is 10.2 Å². The molecule has 0 amide bonds. The Labute approximate surface area is 82.7 Å². The van der Waals surface area contributed by atoms with E-state index in [-0.39, 0.29) is 5.82 Å². The molecule has 3 heteroatoms. The van der Waals surface area contributed by atoms with Crippen molar-refractivity contribution in [1.29, 1.82) is 0 Å². The Morgan fingerprint density at radius 2 is 2.21 bits per heavy atom. The number of rotatable bonds is 1. The van der Waals surface area contributed by atoms with Gasteiger partial charge in [0.25, 0.3) is 0 Å². The van der Waals surface area contributed by atoms with Gasteiger partial charge in [-0.05, 0) is 24.1 Å².